The fourth-order valence-corrected chi connectivity index (χ4v) is 2.49. The van der Waals surface area contributed by atoms with E-state index in [9.17, 15) is 9.59 Å². The zero-order valence-electron chi connectivity index (χ0n) is 12.3. The van der Waals surface area contributed by atoms with Crippen LogP contribution in [0.3, 0.4) is 0 Å². The molecule has 112 valence electrons. The van der Waals surface area contributed by atoms with Crippen molar-refractivity contribution in [3.8, 4) is 0 Å². The van der Waals surface area contributed by atoms with Gasteiger partial charge in [0.25, 0.3) is 0 Å². The molecule has 0 bridgehead atoms. The maximum atomic E-state index is 12.0. The molecule has 0 saturated heterocycles. The van der Waals surface area contributed by atoms with E-state index in [-0.39, 0.29) is 17.1 Å². The van der Waals surface area contributed by atoms with Crippen LogP contribution in [0.2, 0.25) is 0 Å². The SMILES string of the molecule is COC(=O)CC(C)SCC(=O)N(C)Cc1ccc(C)o1. The van der Waals surface area contributed by atoms with Crippen LogP contribution in [0.5, 0.6) is 0 Å². The lowest BCUT2D eigenvalue weighted by Gasteiger charge is -2.17. The monoisotopic (exact) mass is 299 g/mol. The van der Waals surface area contributed by atoms with Gasteiger partial charge < -0.3 is 14.1 Å². The highest BCUT2D eigenvalue weighted by atomic mass is 32.2. The van der Waals surface area contributed by atoms with Crippen LogP contribution in [0.15, 0.2) is 16.5 Å². The quantitative estimate of drug-likeness (QED) is 0.723. The molecule has 0 aliphatic carbocycles. The molecule has 1 heterocycles. The molecule has 1 aromatic rings. The van der Waals surface area contributed by atoms with Crippen LogP contribution in [0.4, 0.5) is 0 Å². The van der Waals surface area contributed by atoms with Crippen LogP contribution in [-0.4, -0.2) is 41.9 Å². The van der Waals surface area contributed by atoms with Crippen molar-refractivity contribution in [3.63, 3.8) is 0 Å². The van der Waals surface area contributed by atoms with Gasteiger partial charge in [-0.25, -0.2) is 0 Å². The van der Waals surface area contributed by atoms with E-state index < -0.39 is 0 Å². The highest BCUT2D eigenvalue weighted by molar-refractivity contribution is 8.00. The molecule has 1 aromatic heterocycles. The molecule has 0 N–H and O–H groups in total. The van der Waals surface area contributed by atoms with Gasteiger partial charge in [-0.15, -0.1) is 11.8 Å². The summed E-state index contributed by atoms with van der Waals surface area (Å²) >= 11 is 1.45. The van der Waals surface area contributed by atoms with E-state index in [4.69, 9.17) is 4.42 Å². The van der Waals surface area contributed by atoms with Crippen molar-refractivity contribution >= 4 is 23.6 Å². The minimum atomic E-state index is -0.253. The molecule has 0 radical (unpaired) electrons. The van der Waals surface area contributed by atoms with Crippen molar-refractivity contribution in [3.05, 3.63) is 23.7 Å². The van der Waals surface area contributed by atoms with Gasteiger partial charge >= 0.3 is 5.97 Å². The smallest absolute Gasteiger partial charge is 0.306 e. The van der Waals surface area contributed by atoms with Crippen molar-refractivity contribution in [2.75, 3.05) is 19.9 Å². The Morgan fingerprint density at radius 3 is 2.70 bits per heavy atom. The minimum absolute atomic E-state index is 0.0146. The average molecular weight is 299 g/mol. The molecule has 0 spiro atoms. The van der Waals surface area contributed by atoms with Crippen molar-refractivity contribution in [2.24, 2.45) is 0 Å². The van der Waals surface area contributed by atoms with Gasteiger partial charge in [-0.1, -0.05) is 6.92 Å². The molecule has 5 nitrogen and oxygen atoms in total. The largest absolute Gasteiger partial charge is 0.469 e. The first-order valence-electron chi connectivity index (χ1n) is 6.40. The summed E-state index contributed by atoms with van der Waals surface area (Å²) in [6.45, 7) is 4.24. The molecule has 0 saturated carbocycles. The number of thioether (sulfide) groups is 1. The van der Waals surface area contributed by atoms with Crippen molar-refractivity contribution < 1.29 is 18.7 Å². The summed E-state index contributed by atoms with van der Waals surface area (Å²) in [5, 5.41) is 0.0608. The highest BCUT2D eigenvalue weighted by Crippen LogP contribution is 2.16. The first-order chi connectivity index (χ1) is 9.42. The number of furan rings is 1. The number of amides is 1. The van der Waals surface area contributed by atoms with E-state index in [1.54, 1.807) is 11.9 Å². The van der Waals surface area contributed by atoms with Crippen LogP contribution < -0.4 is 0 Å². The lowest BCUT2D eigenvalue weighted by molar-refractivity contribution is -0.140. The van der Waals surface area contributed by atoms with Gasteiger partial charge in [-0.05, 0) is 19.1 Å². The van der Waals surface area contributed by atoms with Crippen LogP contribution in [0, 0.1) is 6.92 Å². The Kier molecular flexibility index (Phi) is 6.64. The number of carbonyl (C=O) groups excluding carboxylic acids is 2. The fraction of sp³-hybridized carbons (Fsp3) is 0.571. The van der Waals surface area contributed by atoms with Gasteiger partial charge in [0.05, 0.1) is 25.8 Å². The molecule has 6 heteroatoms. The predicted octanol–water partition coefficient (Wildman–Crippen LogP) is 2.23. The van der Waals surface area contributed by atoms with Crippen molar-refractivity contribution in [1.82, 2.24) is 4.90 Å². The minimum Gasteiger partial charge on any atom is -0.469 e. The van der Waals surface area contributed by atoms with Gasteiger partial charge in [0.1, 0.15) is 11.5 Å². The molecular weight excluding hydrogens is 278 g/mol. The van der Waals surface area contributed by atoms with Crippen molar-refractivity contribution in [2.45, 2.75) is 32.1 Å². The Morgan fingerprint density at radius 1 is 1.45 bits per heavy atom. The standard InChI is InChI=1S/C14H21NO4S/c1-10-5-6-12(19-10)8-15(3)13(16)9-20-11(2)7-14(17)18-4/h5-6,11H,7-9H2,1-4H3. The van der Waals surface area contributed by atoms with Gasteiger partial charge in [0, 0.05) is 12.3 Å². The summed E-state index contributed by atoms with van der Waals surface area (Å²) in [7, 11) is 3.11. The Balaban J connectivity index is 2.33. The summed E-state index contributed by atoms with van der Waals surface area (Å²) in [6, 6.07) is 3.74. The molecule has 20 heavy (non-hydrogen) atoms. The summed E-state index contributed by atoms with van der Waals surface area (Å²) in [5.74, 6) is 1.71. The Labute approximate surface area is 123 Å². The molecule has 0 aliphatic rings. The predicted molar refractivity (Wildman–Crippen MR) is 78.5 cm³/mol. The topological polar surface area (TPSA) is 59.8 Å². The van der Waals surface area contributed by atoms with Gasteiger partial charge in [0.15, 0.2) is 0 Å². The third kappa shape index (κ3) is 5.69. The molecule has 0 aliphatic heterocycles. The third-order valence-electron chi connectivity index (χ3n) is 2.79. The Bertz CT molecular complexity index is 458. The summed E-state index contributed by atoms with van der Waals surface area (Å²) in [4.78, 5) is 24.7. The average Bonchev–Trinajstić information content (AvgIpc) is 2.81. The fourth-order valence-electron chi connectivity index (χ4n) is 1.59. The van der Waals surface area contributed by atoms with Gasteiger partial charge in [-0.2, -0.15) is 0 Å². The number of methoxy groups -OCH3 is 1. The number of hydrogen-bond donors (Lipinski definition) is 0. The van der Waals surface area contributed by atoms with E-state index in [0.29, 0.717) is 18.7 Å². The molecule has 1 unspecified atom stereocenters. The number of rotatable bonds is 7. The number of nitrogens with zero attached hydrogens (tertiary/aromatic N) is 1. The molecule has 1 rings (SSSR count). The first kappa shape index (κ1) is 16.6. The molecule has 0 fully saturated rings. The van der Waals surface area contributed by atoms with Crippen LogP contribution in [0.25, 0.3) is 0 Å². The van der Waals surface area contributed by atoms with E-state index in [2.05, 4.69) is 4.74 Å². The second-order valence-corrected chi connectivity index (χ2v) is 6.09. The second-order valence-electron chi connectivity index (χ2n) is 4.66. The number of hydrogen-bond acceptors (Lipinski definition) is 5. The van der Waals surface area contributed by atoms with E-state index >= 15 is 0 Å². The first-order valence-corrected chi connectivity index (χ1v) is 7.45. The lowest BCUT2D eigenvalue weighted by atomic mass is 10.3. The lowest BCUT2D eigenvalue weighted by Crippen LogP contribution is -2.28. The summed E-state index contributed by atoms with van der Waals surface area (Å²) < 4.78 is 10.0. The summed E-state index contributed by atoms with van der Waals surface area (Å²) in [5.41, 5.74) is 0. The maximum absolute atomic E-state index is 12.0. The molecule has 1 amide bonds. The number of aryl methyl sites for hydroxylation is 1. The number of esters is 1. The molecule has 1 atom stereocenters. The van der Waals surface area contributed by atoms with Gasteiger partial charge in [0.2, 0.25) is 5.91 Å². The van der Waals surface area contributed by atoms with Crippen LogP contribution >= 0.6 is 11.8 Å². The number of carbonyl (C=O) groups is 2. The number of ether oxygens (including phenoxy) is 1. The van der Waals surface area contributed by atoms with Crippen LogP contribution in [0.1, 0.15) is 24.9 Å². The zero-order valence-corrected chi connectivity index (χ0v) is 13.2. The summed E-state index contributed by atoms with van der Waals surface area (Å²) in [6.07, 6.45) is 0.315. The maximum Gasteiger partial charge on any atom is 0.306 e. The zero-order chi connectivity index (χ0) is 15.1. The second kappa shape index (κ2) is 7.99. The third-order valence-corrected chi connectivity index (χ3v) is 3.94. The highest BCUT2D eigenvalue weighted by Gasteiger charge is 2.15. The molecule has 0 aromatic carbocycles. The Morgan fingerprint density at radius 2 is 2.15 bits per heavy atom. The van der Waals surface area contributed by atoms with Crippen LogP contribution in [-0.2, 0) is 20.9 Å². The molecular formula is C14H21NO4S. The van der Waals surface area contributed by atoms with E-state index in [1.807, 2.05) is 26.0 Å². The van der Waals surface area contributed by atoms with E-state index in [0.717, 1.165) is 11.5 Å². The van der Waals surface area contributed by atoms with E-state index in [1.165, 1.54) is 18.9 Å². The van der Waals surface area contributed by atoms with Crippen molar-refractivity contribution in [1.29, 1.82) is 0 Å². The Hall–Kier alpha value is -1.43. The van der Waals surface area contributed by atoms with Gasteiger partial charge in [-0.3, -0.25) is 9.59 Å². The normalized spacial score (nSPS) is 12.0.